The minimum absolute atomic E-state index is 0.102. The van der Waals surface area contributed by atoms with Crippen molar-refractivity contribution in [3.63, 3.8) is 0 Å². The summed E-state index contributed by atoms with van der Waals surface area (Å²) in [4.78, 5) is 32.2. The Labute approximate surface area is 254 Å². The first kappa shape index (κ1) is 32.8. The second kappa shape index (κ2) is 12.9. The smallest absolute Gasteiger partial charge is 0.416 e. The zero-order valence-electron chi connectivity index (χ0n) is 26.3. The van der Waals surface area contributed by atoms with Crippen molar-refractivity contribution >= 4 is 12.0 Å². The Morgan fingerprint density at radius 1 is 0.860 bits per heavy atom. The van der Waals surface area contributed by atoms with Crippen molar-refractivity contribution in [3.8, 4) is 0 Å². The molecule has 9 heteroatoms. The topological polar surface area (TPSA) is 53.1 Å². The maximum Gasteiger partial charge on any atom is 0.416 e. The van der Waals surface area contributed by atoms with Crippen LogP contribution in [0.4, 0.5) is 18.0 Å². The largest absolute Gasteiger partial charge is 0.444 e. The van der Waals surface area contributed by atoms with Gasteiger partial charge in [-0.05, 0) is 68.2 Å². The van der Waals surface area contributed by atoms with Crippen molar-refractivity contribution in [1.29, 1.82) is 0 Å². The lowest BCUT2D eigenvalue weighted by atomic mass is 9.82. The number of halogens is 3. The average Bonchev–Trinajstić information content (AvgIpc) is 2.92. The van der Waals surface area contributed by atoms with Crippen molar-refractivity contribution in [2.24, 2.45) is 11.3 Å². The van der Waals surface area contributed by atoms with Gasteiger partial charge in [0.1, 0.15) is 5.60 Å². The van der Waals surface area contributed by atoms with Gasteiger partial charge in [-0.3, -0.25) is 9.69 Å². The molecule has 2 aliphatic heterocycles. The average molecular weight is 602 g/mol. The Morgan fingerprint density at radius 3 is 2.07 bits per heavy atom. The molecule has 236 valence electrons. The second-order valence-electron chi connectivity index (χ2n) is 14.0. The van der Waals surface area contributed by atoms with Crippen LogP contribution in [-0.4, -0.2) is 71.1 Å². The first-order valence-corrected chi connectivity index (χ1v) is 15.3. The molecule has 0 aliphatic carbocycles. The number of hydrogen-bond acceptors (Lipinski definition) is 4. The normalized spacial score (nSPS) is 20.2. The number of carbonyl (C=O) groups excluding carboxylic acids is 2. The van der Waals surface area contributed by atoms with Gasteiger partial charge in [0, 0.05) is 45.2 Å². The van der Waals surface area contributed by atoms with Crippen LogP contribution in [0.15, 0.2) is 54.6 Å². The van der Waals surface area contributed by atoms with Gasteiger partial charge in [-0.1, -0.05) is 63.2 Å². The molecule has 2 saturated heterocycles. The number of likely N-dealkylation sites (tertiary alicyclic amines) is 1. The van der Waals surface area contributed by atoms with Crippen molar-refractivity contribution in [2.45, 2.75) is 84.7 Å². The zero-order chi connectivity index (χ0) is 31.6. The van der Waals surface area contributed by atoms with Gasteiger partial charge in [-0.2, -0.15) is 13.2 Å². The minimum atomic E-state index is -4.43. The molecule has 1 unspecified atom stereocenters. The van der Waals surface area contributed by atoms with Gasteiger partial charge in [0.25, 0.3) is 0 Å². The molecule has 0 radical (unpaired) electrons. The number of ether oxygens (including phenoxy) is 1. The lowest BCUT2D eigenvalue weighted by molar-refractivity contribution is -0.141. The van der Waals surface area contributed by atoms with Gasteiger partial charge in [0.15, 0.2) is 0 Å². The number of nitrogens with zero attached hydrogens (tertiary/aromatic N) is 3. The molecule has 2 atom stereocenters. The third-order valence-electron chi connectivity index (χ3n) is 8.47. The molecule has 2 amide bonds. The number of benzene rings is 2. The van der Waals surface area contributed by atoms with Crippen molar-refractivity contribution in [2.75, 3.05) is 32.7 Å². The third kappa shape index (κ3) is 8.52. The number of piperazine rings is 1. The fourth-order valence-corrected chi connectivity index (χ4v) is 6.22. The van der Waals surface area contributed by atoms with Gasteiger partial charge in [-0.15, -0.1) is 0 Å². The molecular weight excluding hydrogens is 555 g/mol. The second-order valence-corrected chi connectivity index (χ2v) is 14.0. The van der Waals surface area contributed by atoms with Crippen LogP contribution in [-0.2, 0) is 15.7 Å². The Hall–Kier alpha value is -3.07. The summed E-state index contributed by atoms with van der Waals surface area (Å²) in [5.74, 6) is 0.289. The molecule has 6 nitrogen and oxygen atoms in total. The van der Waals surface area contributed by atoms with Gasteiger partial charge in [-0.25, -0.2) is 4.79 Å². The summed E-state index contributed by atoms with van der Waals surface area (Å²) < 4.78 is 46.5. The molecule has 2 aliphatic rings. The molecule has 0 aromatic heterocycles. The van der Waals surface area contributed by atoms with E-state index in [-0.39, 0.29) is 35.4 Å². The summed E-state index contributed by atoms with van der Waals surface area (Å²) in [5.41, 5.74) is 0.0547. The fourth-order valence-electron chi connectivity index (χ4n) is 6.22. The van der Waals surface area contributed by atoms with Crippen LogP contribution < -0.4 is 0 Å². The highest BCUT2D eigenvalue weighted by Gasteiger charge is 2.41. The van der Waals surface area contributed by atoms with E-state index in [0.717, 1.165) is 24.5 Å². The number of piperidine rings is 1. The van der Waals surface area contributed by atoms with E-state index in [4.69, 9.17) is 4.74 Å². The summed E-state index contributed by atoms with van der Waals surface area (Å²) in [6, 6.07) is 14.7. The lowest BCUT2D eigenvalue weighted by Crippen LogP contribution is -2.60. The first-order valence-electron chi connectivity index (χ1n) is 15.3. The van der Waals surface area contributed by atoms with Gasteiger partial charge < -0.3 is 14.5 Å². The summed E-state index contributed by atoms with van der Waals surface area (Å²) in [6.07, 6.45) is -2.83. The predicted molar refractivity (Wildman–Crippen MR) is 161 cm³/mol. The Balaban J connectivity index is 1.49. The Morgan fingerprint density at radius 2 is 1.49 bits per heavy atom. The summed E-state index contributed by atoms with van der Waals surface area (Å²) in [7, 11) is 0. The number of hydrogen-bond donors (Lipinski definition) is 0. The number of carbonyl (C=O) groups is 2. The Bertz CT molecular complexity index is 1250. The molecule has 2 heterocycles. The van der Waals surface area contributed by atoms with Crippen LogP contribution >= 0.6 is 0 Å². The van der Waals surface area contributed by atoms with Crippen LogP contribution in [0.2, 0.25) is 0 Å². The van der Waals surface area contributed by atoms with Crippen LogP contribution in [0, 0.1) is 11.3 Å². The molecular formula is C34H46F3N3O3. The standard InChI is InChI=1S/C34H46F3N3O3/c1-32(2,3)28-23-39(30(25-11-8-7-9-12-25)26-13-10-14-27(22-26)34(35,36)37)19-20-40(28)29(41)21-24-15-17-38(18-16-24)31(42)43-33(4,5)6/h7-14,22,24,28,30H,15-21,23H2,1-6H3/t28-,30?/m1/s1. The molecule has 0 spiro atoms. The van der Waals surface area contributed by atoms with E-state index < -0.39 is 17.3 Å². The zero-order valence-corrected chi connectivity index (χ0v) is 26.3. The highest BCUT2D eigenvalue weighted by atomic mass is 19.4. The van der Waals surface area contributed by atoms with Gasteiger partial charge >= 0.3 is 12.3 Å². The number of rotatable bonds is 5. The molecule has 4 rings (SSSR count). The summed E-state index contributed by atoms with van der Waals surface area (Å²) in [5, 5.41) is 0. The molecule has 0 N–H and O–H groups in total. The first-order chi connectivity index (χ1) is 20.0. The molecule has 2 fully saturated rings. The molecule has 43 heavy (non-hydrogen) atoms. The monoisotopic (exact) mass is 601 g/mol. The third-order valence-corrected chi connectivity index (χ3v) is 8.47. The predicted octanol–water partition coefficient (Wildman–Crippen LogP) is 7.39. The summed E-state index contributed by atoms with van der Waals surface area (Å²) >= 11 is 0. The van der Waals surface area contributed by atoms with Gasteiger partial charge in [0.05, 0.1) is 11.6 Å². The fraction of sp³-hybridized carbons (Fsp3) is 0.588. The molecule has 2 aromatic rings. The maximum absolute atomic E-state index is 13.8. The van der Waals surface area contributed by atoms with E-state index >= 15 is 0 Å². The van der Waals surface area contributed by atoms with E-state index in [0.29, 0.717) is 44.7 Å². The number of alkyl halides is 3. The highest BCUT2D eigenvalue weighted by molar-refractivity contribution is 5.77. The SMILES string of the molecule is CC(C)(C)OC(=O)N1CCC(CC(=O)N2CCN(C(c3ccccc3)c3cccc(C(F)(F)F)c3)C[C@@H]2C(C)(C)C)CC1. The van der Waals surface area contributed by atoms with E-state index in [9.17, 15) is 22.8 Å². The van der Waals surface area contributed by atoms with Gasteiger partial charge in [0.2, 0.25) is 5.91 Å². The van der Waals surface area contributed by atoms with Crippen molar-refractivity contribution in [1.82, 2.24) is 14.7 Å². The number of amides is 2. The van der Waals surface area contributed by atoms with E-state index in [2.05, 4.69) is 25.7 Å². The highest BCUT2D eigenvalue weighted by Crippen LogP contribution is 2.38. The van der Waals surface area contributed by atoms with Crippen molar-refractivity contribution < 1.29 is 27.5 Å². The van der Waals surface area contributed by atoms with E-state index in [1.807, 2.05) is 56.0 Å². The Kier molecular flexibility index (Phi) is 9.84. The van der Waals surface area contributed by atoms with Crippen molar-refractivity contribution in [3.05, 3.63) is 71.3 Å². The quantitative estimate of drug-likeness (QED) is 0.359. The van der Waals surface area contributed by atoms with E-state index in [1.165, 1.54) is 12.1 Å². The van der Waals surface area contributed by atoms with Crippen LogP contribution in [0.3, 0.4) is 0 Å². The van der Waals surface area contributed by atoms with Crippen LogP contribution in [0.25, 0.3) is 0 Å². The maximum atomic E-state index is 13.8. The van der Waals surface area contributed by atoms with Crippen LogP contribution in [0.5, 0.6) is 0 Å². The minimum Gasteiger partial charge on any atom is -0.444 e. The lowest BCUT2D eigenvalue weighted by Gasteiger charge is -2.50. The van der Waals surface area contributed by atoms with Crippen LogP contribution in [0.1, 0.15) is 83.5 Å². The molecule has 0 saturated carbocycles. The van der Waals surface area contributed by atoms with E-state index in [1.54, 1.807) is 11.0 Å². The molecule has 0 bridgehead atoms. The summed E-state index contributed by atoms with van der Waals surface area (Å²) in [6.45, 7) is 14.6. The molecule has 2 aromatic carbocycles.